The fraction of sp³-hybridized carbons (Fsp3) is 0.435. The highest BCUT2D eigenvalue weighted by molar-refractivity contribution is 5.91. The number of aryl methyl sites for hydroxylation is 1. The first-order chi connectivity index (χ1) is 15.8. The van der Waals surface area contributed by atoms with Gasteiger partial charge in [-0.05, 0) is 43.5 Å². The van der Waals surface area contributed by atoms with E-state index in [1.165, 1.54) is 4.90 Å². The Morgan fingerprint density at radius 3 is 2.58 bits per heavy atom. The molecular formula is C23H30N6O4. The standard InChI is InChI=1S/C23H30N6O4/c1-15(16-6-8-17(9-7-16)29-13-4-11-24-29)25-22(32)20(30)21(31)23(33)28-12-3-5-19(28)18-10-14-27(2)26-18/h4,6-10,13-15,19-21,24,30-31H,3,5,11-12H2,1-2H3,(H,25,32)/t15-,19-,20-,21-/m1/s1. The van der Waals surface area contributed by atoms with E-state index >= 15 is 0 Å². The van der Waals surface area contributed by atoms with Crippen molar-refractivity contribution in [1.82, 2.24) is 25.4 Å². The summed E-state index contributed by atoms with van der Waals surface area (Å²) in [6.45, 7) is 2.99. The van der Waals surface area contributed by atoms with Gasteiger partial charge in [-0.3, -0.25) is 19.3 Å². The van der Waals surface area contributed by atoms with Crippen LogP contribution in [0.1, 0.15) is 43.1 Å². The van der Waals surface area contributed by atoms with E-state index in [9.17, 15) is 19.8 Å². The van der Waals surface area contributed by atoms with Crippen LogP contribution < -0.4 is 15.8 Å². The molecule has 0 saturated carbocycles. The molecule has 0 bridgehead atoms. The molecule has 2 aromatic rings. The van der Waals surface area contributed by atoms with Crippen LogP contribution in [-0.4, -0.2) is 62.0 Å². The summed E-state index contributed by atoms with van der Waals surface area (Å²) in [6, 6.07) is 8.73. The number of likely N-dealkylation sites (tertiary alicyclic amines) is 1. The number of aromatic nitrogens is 2. The van der Waals surface area contributed by atoms with Gasteiger partial charge in [0, 0.05) is 32.5 Å². The van der Waals surface area contributed by atoms with Crippen molar-refractivity contribution in [2.45, 2.75) is 44.1 Å². The molecule has 0 aliphatic carbocycles. The van der Waals surface area contributed by atoms with Gasteiger partial charge in [0.05, 0.1) is 23.5 Å². The van der Waals surface area contributed by atoms with E-state index in [1.54, 1.807) is 24.9 Å². The number of benzene rings is 1. The van der Waals surface area contributed by atoms with E-state index in [4.69, 9.17) is 0 Å². The van der Waals surface area contributed by atoms with Crippen molar-refractivity contribution in [3.63, 3.8) is 0 Å². The van der Waals surface area contributed by atoms with Crippen molar-refractivity contribution in [3.05, 3.63) is 60.1 Å². The zero-order chi connectivity index (χ0) is 23.5. The number of aliphatic hydroxyl groups excluding tert-OH is 2. The van der Waals surface area contributed by atoms with Crippen molar-refractivity contribution in [2.24, 2.45) is 7.05 Å². The van der Waals surface area contributed by atoms with Gasteiger partial charge in [0.25, 0.3) is 11.8 Å². The van der Waals surface area contributed by atoms with Crippen LogP contribution >= 0.6 is 0 Å². The number of nitrogens with one attached hydrogen (secondary N) is 2. The Hall–Kier alpha value is -3.21. The molecule has 2 amide bonds. The summed E-state index contributed by atoms with van der Waals surface area (Å²) in [7, 11) is 1.79. The van der Waals surface area contributed by atoms with Crippen molar-refractivity contribution in [1.29, 1.82) is 0 Å². The summed E-state index contributed by atoms with van der Waals surface area (Å²) < 4.78 is 1.65. The molecule has 4 atom stereocenters. The van der Waals surface area contributed by atoms with Gasteiger partial charge in [-0.25, -0.2) is 5.43 Å². The number of hydrogen-bond acceptors (Lipinski definition) is 7. The number of hydrazine groups is 1. The lowest BCUT2D eigenvalue weighted by molar-refractivity contribution is -0.154. The Morgan fingerprint density at radius 1 is 1.18 bits per heavy atom. The molecule has 10 heteroatoms. The Labute approximate surface area is 192 Å². The van der Waals surface area contributed by atoms with E-state index in [-0.39, 0.29) is 6.04 Å². The highest BCUT2D eigenvalue weighted by atomic mass is 16.3. The maximum atomic E-state index is 12.9. The minimum absolute atomic E-state index is 0.277. The number of aliphatic hydroxyl groups is 2. The summed E-state index contributed by atoms with van der Waals surface area (Å²) in [5.74, 6) is -1.47. The average molecular weight is 455 g/mol. The van der Waals surface area contributed by atoms with Crippen molar-refractivity contribution < 1.29 is 19.8 Å². The molecule has 1 saturated heterocycles. The maximum absolute atomic E-state index is 12.9. The number of anilines is 1. The minimum Gasteiger partial charge on any atom is -0.380 e. The lowest BCUT2D eigenvalue weighted by Gasteiger charge is -2.28. The van der Waals surface area contributed by atoms with E-state index in [0.717, 1.165) is 29.9 Å². The van der Waals surface area contributed by atoms with Crippen LogP contribution in [0.5, 0.6) is 0 Å². The molecule has 4 N–H and O–H groups in total. The molecule has 0 radical (unpaired) electrons. The van der Waals surface area contributed by atoms with E-state index in [0.29, 0.717) is 13.0 Å². The zero-order valence-electron chi connectivity index (χ0n) is 18.8. The zero-order valence-corrected chi connectivity index (χ0v) is 18.8. The second-order valence-electron chi connectivity index (χ2n) is 8.43. The Kier molecular flexibility index (Phi) is 6.77. The third-order valence-corrected chi connectivity index (χ3v) is 6.10. The fourth-order valence-corrected chi connectivity index (χ4v) is 4.24. The quantitative estimate of drug-likeness (QED) is 0.481. The average Bonchev–Trinajstić information content (AvgIpc) is 3.59. The molecule has 3 heterocycles. The van der Waals surface area contributed by atoms with Crippen LogP contribution in [-0.2, 0) is 16.6 Å². The highest BCUT2D eigenvalue weighted by Gasteiger charge is 2.39. The monoisotopic (exact) mass is 454 g/mol. The Balaban J connectivity index is 1.35. The molecule has 1 aromatic carbocycles. The Bertz CT molecular complexity index is 1020. The first-order valence-electron chi connectivity index (χ1n) is 11.1. The van der Waals surface area contributed by atoms with Gasteiger partial charge in [-0.1, -0.05) is 18.2 Å². The predicted octanol–water partition coefficient (Wildman–Crippen LogP) is 0.521. The van der Waals surface area contributed by atoms with Crippen LogP contribution in [0.15, 0.2) is 48.8 Å². The van der Waals surface area contributed by atoms with Crippen LogP contribution in [0, 0.1) is 0 Å². The van der Waals surface area contributed by atoms with Crippen LogP contribution in [0.25, 0.3) is 0 Å². The maximum Gasteiger partial charge on any atom is 0.255 e. The van der Waals surface area contributed by atoms with Gasteiger partial charge in [-0.15, -0.1) is 0 Å². The largest absolute Gasteiger partial charge is 0.380 e. The van der Waals surface area contributed by atoms with Crippen molar-refractivity contribution in [2.75, 3.05) is 18.1 Å². The molecule has 33 heavy (non-hydrogen) atoms. The van der Waals surface area contributed by atoms with Crippen LogP contribution in [0.3, 0.4) is 0 Å². The molecule has 10 nitrogen and oxygen atoms in total. The van der Waals surface area contributed by atoms with E-state index < -0.39 is 30.1 Å². The molecule has 176 valence electrons. The second kappa shape index (κ2) is 9.74. The molecule has 0 spiro atoms. The summed E-state index contributed by atoms with van der Waals surface area (Å²) in [6.07, 6.45) is 3.49. The van der Waals surface area contributed by atoms with Crippen molar-refractivity contribution >= 4 is 17.5 Å². The van der Waals surface area contributed by atoms with Crippen molar-refractivity contribution in [3.8, 4) is 0 Å². The third kappa shape index (κ3) is 4.92. The molecule has 2 aliphatic heterocycles. The lowest BCUT2D eigenvalue weighted by atomic mass is 10.1. The molecule has 1 aromatic heterocycles. The predicted molar refractivity (Wildman–Crippen MR) is 122 cm³/mol. The molecule has 4 rings (SSSR count). The minimum atomic E-state index is -1.87. The molecule has 2 aliphatic rings. The van der Waals surface area contributed by atoms with E-state index in [1.807, 2.05) is 47.6 Å². The topological polar surface area (TPSA) is 123 Å². The lowest BCUT2D eigenvalue weighted by Crippen LogP contribution is -2.51. The van der Waals surface area contributed by atoms with Gasteiger partial charge < -0.3 is 20.4 Å². The third-order valence-electron chi connectivity index (χ3n) is 6.10. The number of nitrogens with zero attached hydrogens (tertiary/aromatic N) is 4. The van der Waals surface area contributed by atoms with Gasteiger partial charge in [0.2, 0.25) is 0 Å². The van der Waals surface area contributed by atoms with Gasteiger partial charge in [0.15, 0.2) is 12.2 Å². The van der Waals surface area contributed by atoms with Crippen LogP contribution in [0.2, 0.25) is 0 Å². The van der Waals surface area contributed by atoms with Gasteiger partial charge >= 0.3 is 0 Å². The number of hydrogen-bond donors (Lipinski definition) is 4. The number of amides is 2. The van der Waals surface area contributed by atoms with E-state index in [2.05, 4.69) is 15.8 Å². The summed E-state index contributed by atoms with van der Waals surface area (Å²) in [4.78, 5) is 27.0. The normalized spacial score (nSPS) is 20.7. The first-order valence-corrected chi connectivity index (χ1v) is 11.1. The smallest absolute Gasteiger partial charge is 0.255 e. The second-order valence-corrected chi connectivity index (χ2v) is 8.43. The van der Waals surface area contributed by atoms with Gasteiger partial charge in [0.1, 0.15) is 0 Å². The molecule has 0 unspecified atom stereocenters. The number of carbonyl (C=O) groups is 2. The van der Waals surface area contributed by atoms with Gasteiger partial charge in [-0.2, -0.15) is 5.10 Å². The number of rotatable bonds is 7. The summed E-state index contributed by atoms with van der Waals surface area (Å²) in [5.41, 5.74) is 5.70. The SMILES string of the molecule is C[C@@H](NC(=O)[C@H](O)[C@@H](O)C(=O)N1CCC[C@@H]1c1ccn(C)n1)c1ccc(N2C=CCN2)cc1. The highest BCUT2D eigenvalue weighted by Crippen LogP contribution is 2.31. The first kappa shape index (κ1) is 23.0. The number of carbonyl (C=O) groups excluding carboxylic acids is 2. The van der Waals surface area contributed by atoms with Crippen LogP contribution in [0.4, 0.5) is 5.69 Å². The fourth-order valence-electron chi connectivity index (χ4n) is 4.24. The Morgan fingerprint density at radius 2 is 1.94 bits per heavy atom. The molecule has 1 fully saturated rings. The summed E-state index contributed by atoms with van der Waals surface area (Å²) in [5, 5.41) is 29.8. The summed E-state index contributed by atoms with van der Waals surface area (Å²) >= 11 is 0. The molecular weight excluding hydrogens is 424 g/mol.